The molecule has 5 heteroatoms. The van der Waals surface area contributed by atoms with E-state index in [0.29, 0.717) is 22.8 Å². The second-order valence-corrected chi connectivity index (χ2v) is 5.25. The summed E-state index contributed by atoms with van der Waals surface area (Å²) in [7, 11) is 0. The smallest absolute Gasteiger partial charge is 0.255 e. The monoisotopic (exact) mass is 338 g/mol. The minimum absolute atomic E-state index is 0.205. The third-order valence-electron chi connectivity index (χ3n) is 2.60. The zero-order valence-electron chi connectivity index (χ0n) is 9.99. The minimum Gasteiger partial charge on any atom is -0.326 e. The number of benzene rings is 2. The van der Waals surface area contributed by atoms with Gasteiger partial charge in [-0.1, -0.05) is 23.7 Å². The fraction of sp³-hybridized carbons (Fsp3) is 0.0714. The van der Waals surface area contributed by atoms with Crippen LogP contribution in [0.1, 0.15) is 15.9 Å². The summed E-state index contributed by atoms with van der Waals surface area (Å²) in [5.41, 5.74) is 7.75. The van der Waals surface area contributed by atoms with Crippen LogP contribution in [-0.2, 0) is 6.54 Å². The Kier molecular flexibility index (Phi) is 4.58. The number of rotatable bonds is 3. The number of halogens is 2. The van der Waals surface area contributed by atoms with Crippen molar-refractivity contribution in [2.75, 3.05) is 5.32 Å². The van der Waals surface area contributed by atoms with Crippen molar-refractivity contribution in [1.82, 2.24) is 0 Å². The van der Waals surface area contributed by atoms with E-state index >= 15 is 0 Å². The molecule has 19 heavy (non-hydrogen) atoms. The molecule has 0 aliphatic carbocycles. The number of anilines is 1. The molecule has 0 aliphatic rings. The van der Waals surface area contributed by atoms with Crippen molar-refractivity contribution in [1.29, 1.82) is 0 Å². The van der Waals surface area contributed by atoms with Gasteiger partial charge in [-0.2, -0.15) is 0 Å². The van der Waals surface area contributed by atoms with Gasteiger partial charge >= 0.3 is 0 Å². The summed E-state index contributed by atoms with van der Waals surface area (Å²) in [5.74, 6) is -0.205. The molecule has 0 aliphatic heterocycles. The summed E-state index contributed by atoms with van der Waals surface area (Å²) < 4.78 is 0.760. The summed E-state index contributed by atoms with van der Waals surface area (Å²) in [4.78, 5) is 12.1. The number of hydrogen-bond acceptors (Lipinski definition) is 2. The highest BCUT2D eigenvalue weighted by molar-refractivity contribution is 9.10. The molecular weight excluding hydrogens is 328 g/mol. The van der Waals surface area contributed by atoms with Crippen molar-refractivity contribution in [2.45, 2.75) is 6.54 Å². The third-order valence-corrected chi connectivity index (χ3v) is 3.83. The van der Waals surface area contributed by atoms with Crippen LogP contribution in [0.5, 0.6) is 0 Å². The van der Waals surface area contributed by atoms with Crippen LogP contribution in [0.2, 0.25) is 5.02 Å². The molecule has 0 bridgehead atoms. The largest absolute Gasteiger partial charge is 0.326 e. The number of nitrogens with two attached hydrogens (primary N) is 1. The van der Waals surface area contributed by atoms with E-state index in [1.165, 1.54) is 0 Å². The van der Waals surface area contributed by atoms with Gasteiger partial charge in [0, 0.05) is 22.3 Å². The first-order valence-electron chi connectivity index (χ1n) is 5.65. The highest BCUT2D eigenvalue weighted by atomic mass is 79.9. The maximum absolute atomic E-state index is 12.1. The van der Waals surface area contributed by atoms with Crippen LogP contribution in [0.25, 0.3) is 0 Å². The van der Waals surface area contributed by atoms with Gasteiger partial charge in [-0.15, -0.1) is 0 Å². The number of nitrogens with one attached hydrogen (secondary N) is 1. The van der Waals surface area contributed by atoms with Crippen LogP contribution in [0, 0.1) is 0 Å². The van der Waals surface area contributed by atoms with Gasteiger partial charge in [-0.05, 0) is 51.8 Å². The zero-order valence-corrected chi connectivity index (χ0v) is 12.3. The summed E-state index contributed by atoms with van der Waals surface area (Å²) in [6.45, 7) is 0.438. The SMILES string of the molecule is NCc1cccc(NC(=O)c2ccc(Br)c(Cl)c2)c1. The van der Waals surface area contributed by atoms with Crippen LogP contribution in [-0.4, -0.2) is 5.91 Å². The Labute approximate surface area is 124 Å². The van der Waals surface area contributed by atoms with E-state index in [1.807, 2.05) is 24.3 Å². The van der Waals surface area contributed by atoms with E-state index in [9.17, 15) is 4.79 Å². The van der Waals surface area contributed by atoms with E-state index in [2.05, 4.69) is 21.2 Å². The molecule has 2 rings (SSSR count). The molecule has 0 atom stereocenters. The topological polar surface area (TPSA) is 55.1 Å². The van der Waals surface area contributed by atoms with E-state index < -0.39 is 0 Å². The maximum atomic E-state index is 12.1. The van der Waals surface area contributed by atoms with Gasteiger partial charge in [0.15, 0.2) is 0 Å². The molecule has 3 nitrogen and oxygen atoms in total. The first kappa shape index (κ1) is 14.1. The molecule has 0 radical (unpaired) electrons. The molecule has 2 aromatic rings. The molecule has 0 saturated carbocycles. The fourth-order valence-corrected chi connectivity index (χ4v) is 2.04. The van der Waals surface area contributed by atoms with Gasteiger partial charge in [0.25, 0.3) is 5.91 Å². The fourth-order valence-electron chi connectivity index (χ4n) is 1.62. The van der Waals surface area contributed by atoms with Crippen LogP contribution in [0.3, 0.4) is 0 Å². The van der Waals surface area contributed by atoms with Crippen molar-refractivity contribution >= 4 is 39.1 Å². The van der Waals surface area contributed by atoms with Crippen LogP contribution < -0.4 is 11.1 Å². The third kappa shape index (κ3) is 3.56. The second-order valence-electron chi connectivity index (χ2n) is 3.99. The predicted octanol–water partition coefficient (Wildman–Crippen LogP) is 3.81. The summed E-state index contributed by atoms with van der Waals surface area (Å²) in [5, 5.41) is 3.31. The lowest BCUT2D eigenvalue weighted by atomic mass is 10.2. The molecule has 0 fully saturated rings. The quantitative estimate of drug-likeness (QED) is 0.893. The minimum atomic E-state index is -0.205. The molecular formula is C14H12BrClN2O. The molecule has 0 unspecified atom stereocenters. The van der Waals surface area contributed by atoms with Crippen LogP contribution in [0.15, 0.2) is 46.9 Å². The first-order valence-corrected chi connectivity index (χ1v) is 6.82. The van der Waals surface area contributed by atoms with Crippen molar-refractivity contribution in [3.63, 3.8) is 0 Å². The van der Waals surface area contributed by atoms with Gasteiger partial charge in [0.05, 0.1) is 5.02 Å². The van der Waals surface area contributed by atoms with Gasteiger partial charge in [0.2, 0.25) is 0 Å². The van der Waals surface area contributed by atoms with Gasteiger partial charge in [0.1, 0.15) is 0 Å². The standard InChI is InChI=1S/C14H12BrClN2O/c15-12-5-4-10(7-13(12)16)14(19)18-11-3-1-2-9(6-11)8-17/h1-7H,8,17H2,(H,18,19). The average Bonchev–Trinajstić information content (AvgIpc) is 2.42. The Morgan fingerprint density at radius 2 is 2.05 bits per heavy atom. The predicted molar refractivity (Wildman–Crippen MR) is 81.4 cm³/mol. The zero-order chi connectivity index (χ0) is 13.8. The van der Waals surface area contributed by atoms with Gasteiger partial charge < -0.3 is 11.1 Å². The van der Waals surface area contributed by atoms with Crippen molar-refractivity contribution in [3.8, 4) is 0 Å². The number of carbonyl (C=O) groups excluding carboxylic acids is 1. The number of amides is 1. The van der Waals surface area contributed by atoms with E-state index in [-0.39, 0.29) is 5.91 Å². The normalized spacial score (nSPS) is 10.3. The molecule has 1 amide bonds. The lowest BCUT2D eigenvalue weighted by molar-refractivity contribution is 0.102. The average molecular weight is 340 g/mol. The van der Waals surface area contributed by atoms with E-state index in [4.69, 9.17) is 17.3 Å². The van der Waals surface area contributed by atoms with Crippen LogP contribution in [0.4, 0.5) is 5.69 Å². The molecule has 2 aromatic carbocycles. The molecule has 0 aromatic heterocycles. The van der Waals surface area contributed by atoms with Crippen molar-refractivity contribution in [2.24, 2.45) is 5.73 Å². The highest BCUT2D eigenvalue weighted by Crippen LogP contribution is 2.23. The van der Waals surface area contributed by atoms with E-state index in [1.54, 1.807) is 18.2 Å². The Hall–Kier alpha value is -1.36. The molecule has 3 N–H and O–H groups in total. The number of hydrogen-bond donors (Lipinski definition) is 2. The Morgan fingerprint density at radius 3 is 2.74 bits per heavy atom. The molecule has 0 spiro atoms. The first-order chi connectivity index (χ1) is 9.10. The van der Waals surface area contributed by atoms with Crippen molar-refractivity contribution < 1.29 is 4.79 Å². The molecule has 98 valence electrons. The lowest BCUT2D eigenvalue weighted by Gasteiger charge is -2.07. The maximum Gasteiger partial charge on any atom is 0.255 e. The van der Waals surface area contributed by atoms with E-state index in [0.717, 1.165) is 10.0 Å². The summed E-state index contributed by atoms with van der Waals surface area (Å²) in [6, 6.07) is 12.5. The highest BCUT2D eigenvalue weighted by Gasteiger charge is 2.08. The summed E-state index contributed by atoms with van der Waals surface area (Å²) in [6.07, 6.45) is 0. The second kappa shape index (κ2) is 6.19. The van der Waals surface area contributed by atoms with Gasteiger partial charge in [-0.25, -0.2) is 0 Å². The Morgan fingerprint density at radius 1 is 1.26 bits per heavy atom. The Balaban J connectivity index is 2.18. The Bertz CT molecular complexity index is 616. The summed E-state index contributed by atoms with van der Waals surface area (Å²) >= 11 is 9.25. The lowest BCUT2D eigenvalue weighted by Crippen LogP contribution is -2.12. The van der Waals surface area contributed by atoms with Gasteiger partial charge in [-0.3, -0.25) is 4.79 Å². The van der Waals surface area contributed by atoms with Crippen molar-refractivity contribution in [3.05, 3.63) is 63.1 Å². The molecule has 0 heterocycles. The van der Waals surface area contributed by atoms with Crippen LogP contribution >= 0.6 is 27.5 Å². The molecule has 0 saturated heterocycles. The number of carbonyl (C=O) groups is 1.